The quantitative estimate of drug-likeness (QED) is 0.422. The minimum absolute atomic E-state index is 0.247. The second-order valence-electron chi connectivity index (χ2n) is 1.72. The van der Waals surface area contributed by atoms with E-state index in [2.05, 4.69) is 11.7 Å². The van der Waals surface area contributed by atoms with Crippen molar-refractivity contribution in [3.63, 3.8) is 0 Å². The Labute approximate surface area is 56.2 Å². The number of unbranched alkanes of at least 4 members (excludes halogenated alkanes) is 2. The Morgan fingerprint density at radius 1 is 1.78 bits per heavy atom. The topological polar surface area (TPSA) is 26.3 Å². The summed E-state index contributed by atoms with van der Waals surface area (Å²) in [6.07, 6.45) is 4.13. The van der Waals surface area contributed by atoms with Crippen LogP contribution in [0.4, 0.5) is 0 Å². The summed E-state index contributed by atoms with van der Waals surface area (Å²) in [6, 6.07) is 0. The van der Waals surface area contributed by atoms with Gasteiger partial charge in [-0.3, -0.25) is 4.79 Å². The van der Waals surface area contributed by atoms with Crippen molar-refractivity contribution in [2.45, 2.75) is 19.3 Å². The molecule has 0 aromatic heterocycles. The molecule has 0 rings (SSSR count). The van der Waals surface area contributed by atoms with Gasteiger partial charge in [-0.15, -0.1) is 0 Å². The van der Waals surface area contributed by atoms with Crippen molar-refractivity contribution in [1.82, 2.24) is 0 Å². The smallest absolute Gasteiger partial charge is 0.309 e. The molecule has 0 aliphatic carbocycles. The third-order valence-electron chi connectivity index (χ3n) is 0.966. The van der Waals surface area contributed by atoms with E-state index in [1.54, 1.807) is 0 Å². The molecule has 0 aromatic rings. The fourth-order valence-electron chi connectivity index (χ4n) is 0.448. The number of carbonyl (C=O) groups is 1. The van der Waals surface area contributed by atoms with Crippen molar-refractivity contribution in [3.05, 3.63) is 13.3 Å². The first-order valence-electron chi connectivity index (χ1n) is 3.01. The molecule has 0 amide bonds. The number of esters is 1. The number of carbonyl (C=O) groups excluding carboxylic acids is 1. The minimum atomic E-state index is -0.247. The summed E-state index contributed by atoms with van der Waals surface area (Å²) in [6.45, 7) is 3.64. The largest absolute Gasteiger partial charge is 0.469 e. The zero-order valence-electron chi connectivity index (χ0n) is 5.72. The van der Waals surface area contributed by atoms with Crippen molar-refractivity contribution in [2.75, 3.05) is 7.11 Å². The molecular weight excluding hydrogens is 116 g/mol. The van der Waals surface area contributed by atoms with Crippen LogP contribution in [0.1, 0.15) is 19.3 Å². The first-order chi connectivity index (χ1) is 4.31. The van der Waals surface area contributed by atoms with E-state index in [1.807, 2.05) is 0 Å². The molecule has 0 saturated heterocycles. The maximum Gasteiger partial charge on any atom is 0.309 e. The zero-order valence-corrected chi connectivity index (χ0v) is 5.72. The monoisotopic (exact) mass is 128 g/mol. The highest BCUT2D eigenvalue weighted by Crippen LogP contribution is 1.97. The normalized spacial score (nSPS) is 9.11. The lowest BCUT2D eigenvalue weighted by Gasteiger charge is -1.95. The highest BCUT2D eigenvalue weighted by Gasteiger charge is 1.97. The summed E-state index contributed by atoms with van der Waals surface area (Å²) in [5.74, 6) is -0.247. The van der Waals surface area contributed by atoms with E-state index < -0.39 is 0 Å². The number of hydrogen-bond acceptors (Lipinski definition) is 2. The van der Waals surface area contributed by atoms with E-state index in [0.717, 1.165) is 19.3 Å². The Hall–Kier alpha value is -0.530. The van der Waals surface area contributed by atoms with Crippen molar-refractivity contribution < 1.29 is 9.53 Å². The maximum atomic E-state index is 10.4. The van der Waals surface area contributed by atoms with Crippen LogP contribution < -0.4 is 0 Å². The second kappa shape index (κ2) is 5.60. The fourth-order valence-corrected chi connectivity index (χ4v) is 0.448. The summed E-state index contributed by atoms with van der Waals surface area (Å²) >= 11 is 0. The molecule has 0 saturated carbocycles. The van der Waals surface area contributed by atoms with Crippen molar-refractivity contribution in [2.24, 2.45) is 0 Å². The van der Waals surface area contributed by atoms with E-state index in [1.165, 1.54) is 13.5 Å². The molecule has 0 fully saturated rings. The molecule has 0 bridgehead atoms. The van der Waals surface area contributed by atoms with Crippen LogP contribution in [-0.2, 0) is 9.53 Å². The molecular formula is C7H12O2. The van der Waals surface area contributed by atoms with Gasteiger partial charge in [-0.2, -0.15) is 0 Å². The van der Waals surface area contributed by atoms with Gasteiger partial charge in [0.05, 0.1) is 13.5 Å². The average Bonchev–Trinajstić information content (AvgIpc) is 1.89. The molecule has 0 atom stereocenters. The first kappa shape index (κ1) is 8.47. The van der Waals surface area contributed by atoms with Gasteiger partial charge in [0.2, 0.25) is 0 Å². The Morgan fingerprint density at radius 2 is 2.44 bits per heavy atom. The van der Waals surface area contributed by atoms with Gasteiger partial charge in [-0.25, -0.2) is 0 Å². The second-order valence-corrected chi connectivity index (χ2v) is 1.72. The van der Waals surface area contributed by atoms with E-state index in [0.29, 0.717) is 0 Å². The van der Waals surface area contributed by atoms with Crippen LogP contribution in [0.3, 0.4) is 0 Å². The summed E-state index contributed by atoms with van der Waals surface area (Å²) in [5, 5.41) is 0. The van der Waals surface area contributed by atoms with Crippen molar-refractivity contribution >= 4 is 5.97 Å². The van der Waals surface area contributed by atoms with Crippen LogP contribution in [0, 0.1) is 13.3 Å². The SMILES string of the molecule is [CH2]CCC[CH]C(=O)OC. The van der Waals surface area contributed by atoms with Gasteiger partial charge in [0.1, 0.15) is 0 Å². The maximum absolute atomic E-state index is 10.4. The Morgan fingerprint density at radius 3 is 2.89 bits per heavy atom. The molecule has 2 heteroatoms. The molecule has 0 unspecified atom stereocenters. The van der Waals surface area contributed by atoms with E-state index in [9.17, 15) is 4.79 Å². The van der Waals surface area contributed by atoms with Gasteiger partial charge in [-0.05, 0) is 6.42 Å². The summed E-state index contributed by atoms with van der Waals surface area (Å²) in [4.78, 5) is 10.4. The molecule has 9 heavy (non-hydrogen) atoms. The number of hydrogen-bond donors (Lipinski definition) is 0. The number of methoxy groups -OCH3 is 1. The van der Waals surface area contributed by atoms with Crippen LogP contribution in [0.5, 0.6) is 0 Å². The lowest BCUT2D eigenvalue weighted by atomic mass is 10.2. The molecule has 0 N–H and O–H groups in total. The summed E-state index contributed by atoms with van der Waals surface area (Å²) < 4.78 is 4.38. The summed E-state index contributed by atoms with van der Waals surface area (Å²) in [5.41, 5.74) is 0. The van der Waals surface area contributed by atoms with E-state index in [4.69, 9.17) is 0 Å². The first-order valence-corrected chi connectivity index (χ1v) is 3.01. The predicted molar refractivity (Wildman–Crippen MR) is 35.5 cm³/mol. The Balaban J connectivity index is 2.97. The summed E-state index contributed by atoms with van der Waals surface area (Å²) in [7, 11) is 1.38. The lowest BCUT2D eigenvalue weighted by molar-refractivity contribution is -0.136. The van der Waals surface area contributed by atoms with Crippen LogP contribution in [0.25, 0.3) is 0 Å². The van der Waals surface area contributed by atoms with Gasteiger partial charge in [0, 0.05) is 0 Å². The van der Waals surface area contributed by atoms with Crippen molar-refractivity contribution in [1.29, 1.82) is 0 Å². The molecule has 2 nitrogen and oxygen atoms in total. The molecule has 0 aliphatic rings. The Kier molecular flexibility index (Phi) is 5.27. The zero-order chi connectivity index (χ0) is 7.11. The van der Waals surface area contributed by atoms with Gasteiger partial charge in [0.25, 0.3) is 0 Å². The van der Waals surface area contributed by atoms with Crippen molar-refractivity contribution in [3.8, 4) is 0 Å². The Bertz CT molecular complexity index is 79.0. The average molecular weight is 128 g/mol. The molecule has 2 radical (unpaired) electrons. The molecule has 0 aliphatic heterocycles. The molecule has 0 aromatic carbocycles. The van der Waals surface area contributed by atoms with Gasteiger partial charge in [-0.1, -0.05) is 19.8 Å². The lowest BCUT2D eigenvalue weighted by Crippen LogP contribution is -1.99. The molecule has 0 spiro atoms. The predicted octanol–water partition coefficient (Wildman–Crippen LogP) is 1.37. The van der Waals surface area contributed by atoms with Gasteiger partial charge < -0.3 is 4.74 Å². The highest BCUT2D eigenvalue weighted by atomic mass is 16.5. The molecule has 52 valence electrons. The molecule has 0 heterocycles. The fraction of sp³-hybridized carbons (Fsp3) is 0.571. The van der Waals surface area contributed by atoms with E-state index in [-0.39, 0.29) is 5.97 Å². The third kappa shape index (κ3) is 5.34. The van der Waals surface area contributed by atoms with Gasteiger partial charge in [0.15, 0.2) is 0 Å². The standard InChI is InChI=1S/C7H12O2/c1-3-4-5-6-7(8)9-2/h6H,1,3-5H2,2H3. The minimum Gasteiger partial charge on any atom is -0.469 e. The van der Waals surface area contributed by atoms with Crippen LogP contribution in [0.15, 0.2) is 0 Å². The number of ether oxygens (including phenoxy) is 1. The number of rotatable bonds is 4. The van der Waals surface area contributed by atoms with Crippen LogP contribution >= 0.6 is 0 Å². The third-order valence-corrected chi connectivity index (χ3v) is 0.966. The van der Waals surface area contributed by atoms with Gasteiger partial charge >= 0.3 is 5.97 Å². The van der Waals surface area contributed by atoms with E-state index >= 15 is 0 Å². The van der Waals surface area contributed by atoms with Crippen LogP contribution in [-0.4, -0.2) is 13.1 Å². The van der Waals surface area contributed by atoms with Crippen LogP contribution in [0.2, 0.25) is 0 Å². The highest BCUT2D eigenvalue weighted by molar-refractivity contribution is 5.78.